The van der Waals surface area contributed by atoms with E-state index in [2.05, 4.69) is 0 Å². The molecule has 0 amide bonds. The maximum absolute atomic E-state index is 9.78. The standard InChI is InChI=1S/C12H24O4/c1-9(2)14-6-10(13)5-12(3,4)16-8-11-7-15-11/h9-11,13H,5-8H2,1-4H3. The van der Waals surface area contributed by atoms with Crippen molar-refractivity contribution in [2.45, 2.75) is 58.0 Å². The maximum Gasteiger partial charge on any atom is 0.104 e. The van der Waals surface area contributed by atoms with Crippen LogP contribution < -0.4 is 0 Å². The van der Waals surface area contributed by atoms with Crippen molar-refractivity contribution >= 4 is 0 Å². The highest BCUT2D eigenvalue weighted by Gasteiger charge is 2.29. The number of aliphatic hydroxyl groups is 1. The minimum atomic E-state index is -0.475. The first kappa shape index (κ1) is 13.9. The Balaban J connectivity index is 2.15. The van der Waals surface area contributed by atoms with Crippen molar-refractivity contribution in [2.24, 2.45) is 0 Å². The molecule has 0 aliphatic carbocycles. The monoisotopic (exact) mass is 232 g/mol. The fraction of sp³-hybridized carbons (Fsp3) is 1.00. The van der Waals surface area contributed by atoms with Crippen molar-refractivity contribution in [3.63, 3.8) is 0 Å². The van der Waals surface area contributed by atoms with E-state index in [1.807, 2.05) is 27.7 Å². The molecule has 1 N–H and O–H groups in total. The van der Waals surface area contributed by atoms with Crippen LogP contribution in [0.3, 0.4) is 0 Å². The Bertz CT molecular complexity index is 199. The first-order valence-corrected chi connectivity index (χ1v) is 5.94. The lowest BCUT2D eigenvalue weighted by Gasteiger charge is -2.27. The van der Waals surface area contributed by atoms with Gasteiger partial charge in [0.25, 0.3) is 0 Å². The van der Waals surface area contributed by atoms with Gasteiger partial charge in [0.15, 0.2) is 0 Å². The summed E-state index contributed by atoms with van der Waals surface area (Å²) in [5.41, 5.74) is -0.328. The van der Waals surface area contributed by atoms with E-state index in [1.54, 1.807) is 0 Å². The van der Waals surface area contributed by atoms with Crippen LogP contribution in [0.2, 0.25) is 0 Å². The van der Waals surface area contributed by atoms with Crippen molar-refractivity contribution in [2.75, 3.05) is 19.8 Å². The van der Waals surface area contributed by atoms with E-state index in [9.17, 15) is 5.11 Å². The van der Waals surface area contributed by atoms with Gasteiger partial charge in [-0.2, -0.15) is 0 Å². The molecule has 0 saturated carbocycles. The predicted molar refractivity (Wildman–Crippen MR) is 61.5 cm³/mol. The van der Waals surface area contributed by atoms with E-state index in [0.29, 0.717) is 19.6 Å². The van der Waals surface area contributed by atoms with Crippen LogP contribution in [0.5, 0.6) is 0 Å². The van der Waals surface area contributed by atoms with E-state index < -0.39 is 6.10 Å². The molecule has 0 bridgehead atoms. The third kappa shape index (κ3) is 6.43. The number of ether oxygens (including phenoxy) is 3. The van der Waals surface area contributed by atoms with Crippen molar-refractivity contribution in [3.05, 3.63) is 0 Å². The number of hydrogen-bond acceptors (Lipinski definition) is 4. The molecule has 1 rings (SSSR count). The second-order valence-corrected chi connectivity index (χ2v) is 5.27. The summed E-state index contributed by atoms with van der Waals surface area (Å²) in [6.07, 6.45) is 0.520. The molecule has 0 radical (unpaired) electrons. The van der Waals surface area contributed by atoms with Gasteiger partial charge in [-0.3, -0.25) is 0 Å². The minimum Gasteiger partial charge on any atom is -0.391 e. The van der Waals surface area contributed by atoms with Gasteiger partial charge >= 0.3 is 0 Å². The summed E-state index contributed by atoms with van der Waals surface area (Å²) in [6, 6.07) is 0. The third-order valence-electron chi connectivity index (χ3n) is 2.41. The molecule has 1 fully saturated rings. The number of hydrogen-bond donors (Lipinski definition) is 1. The highest BCUT2D eigenvalue weighted by Crippen LogP contribution is 2.20. The molecule has 4 nitrogen and oxygen atoms in total. The molecule has 0 aromatic heterocycles. The van der Waals surface area contributed by atoms with Crippen LogP contribution in [0.4, 0.5) is 0 Å². The molecule has 2 atom stereocenters. The summed E-state index contributed by atoms with van der Waals surface area (Å²) in [7, 11) is 0. The van der Waals surface area contributed by atoms with Crippen LogP contribution in [0.1, 0.15) is 34.1 Å². The van der Waals surface area contributed by atoms with E-state index in [-0.39, 0.29) is 17.8 Å². The Morgan fingerprint density at radius 3 is 2.56 bits per heavy atom. The third-order valence-corrected chi connectivity index (χ3v) is 2.41. The van der Waals surface area contributed by atoms with Gasteiger partial charge in [-0.15, -0.1) is 0 Å². The summed E-state index contributed by atoms with van der Waals surface area (Å²) in [6.45, 7) is 9.66. The van der Waals surface area contributed by atoms with Crippen LogP contribution in [0.15, 0.2) is 0 Å². The Labute approximate surface area is 97.9 Å². The van der Waals surface area contributed by atoms with Gasteiger partial charge in [0, 0.05) is 6.42 Å². The second kappa shape index (κ2) is 5.96. The average Bonchev–Trinajstić information content (AvgIpc) is 2.94. The SMILES string of the molecule is CC(C)OCC(O)CC(C)(C)OCC1CO1. The van der Waals surface area contributed by atoms with Gasteiger partial charge < -0.3 is 19.3 Å². The van der Waals surface area contributed by atoms with Crippen LogP contribution in [0, 0.1) is 0 Å². The summed E-state index contributed by atoms with van der Waals surface area (Å²) in [5.74, 6) is 0. The summed E-state index contributed by atoms with van der Waals surface area (Å²) in [5, 5.41) is 9.78. The van der Waals surface area contributed by atoms with E-state index in [0.717, 1.165) is 6.61 Å². The van der Waals surface area contributed by atoms with Gasteiger partial charge in [-0.25, -0.2) is 0 Å². The first-order chi connectivity index (χ1) is 7.39. The normalized spacial score (nSPS) is 22.5. The molecule has 1 aliphatic rings. The van der Waals surface area contributed by atoms with E-state index >= 15 is 0 Å². The summed E-state index contributed by atoms with van der Waals surface area (Å²) in [4.78, 5) is 0. The lowest BCUT2D eigenvalue weighted by Crippen LogP contribution is -2.33. The van der Waals surface area contributed by atoms with Crippen LogP contribution in [0.25, 0.3) is 0 Å². The van der Waals surface area contributed by atoms with Crippen LogP contribution >= 0.6 is 0 Å². The van der Waals surface area contributed by atoms with Crippen molar-refractivity contribution in [1.29, 1.82) is 0 Å². The number of rotatable bonds is 8. The molecule has 0 spiro atoms. The minimum absolute atomic E-state index is 0.151. The van der Waals surface area contributed by atoms with Gasteiger partial charge in [-0.05, 0) is 27.7 Å². The predicted octanol–water partition coefficient (Wildman–Crippen LogP) is 1.36. The molecule has 1 aliphatic heterocycles. The molecule has 16 heavy (non-hydrogen) atoms. The smallest absolute Gasteiger partial charge is 0.104 e. The molecular formula is C12H24O4. The molecule has 4 heteroatoms. The Morgan fingerprint density at radius 2 is 2.06 bits per heavy atom. The van der Waals surface area contributed by atoms with Crippen LogP contribution in [-0.4, -0.2) is 48.8 Å². The van der Waals surface area contributed by atoms with Crippen LogP contribution in [-0.2, 0) is 14.2 Å². The zero-order valence-corrected chi connectivity index (χ0v) is 10.7. The molecular weight excluding hydrogens is 208 g/mol. The molecule has 0 aromatic rings. The van der Waals surface area contributed by atoms with Gasteiger partial charge in [0.05, 0.1) is 37.6 Å². The maximum atomic E-state index is 9.78. The number of aliphatic hydroxyl groups excluding tert-OH is 1. The lowest BCUT2D eigenvalue weighted by molar-refractivity contribution is -0.0746. The quantitative estimate of drug-likeness (QED) is 0.642. The van der Waals surface area contributed by atoms with E-state index in [4.69, 9.17) is 14.2 Å². The summed E-state index contributed by atoms with van der Waals surface area (Å²) >= 11 is 0. The van der Waals surface area contributed by atoms with E-state index in [1.165, 1.54) is 0 Å². The largest absolute Gasteiger partial charge is 0.391 e. The molecule has 0 aromatic carbocycles. The first-order valence-electron chi connectivity index (χ1n) is 5.94. The molecule has 96 valence electrons. The van der Waals surface area contributed by atoms with Gasteiger partial charge in [-0.1, -0.05) is 0 Å². The van der Waals surface area contributed by atoms with Gasteiger partial charge in [0.2, 0.25) is 0 Å². The topological polar surface area (TPSA) is 51.2 Å². The fourth-order valence-electron chi connectivity index (χ4n) is 1.47. The lowest BCUT2D eigenvalue weighted by atomic mass is 10.0. The Hall–Kier alpha value is -0.160. The van der Waals surface area contributed by atoms with Crippen molar-refractivity contribution in [1.82, 2.24) is 0 Å². The molecule has 2 unspecified atom stereocenters. The zero-order valence-electron chi connectivity index (χ0n) is 10.7. The van der Waals surface area contributed by atoms with Crippen molar-refractivity contribution in [3.8, 4) is 0 Å². The average molecular weight is 232 g/mol. The molecule has 1 heterocycles. The zero-order chi connectivity index (χ0) is 12.2. The second-order valence-electron chi connectivity index (χ2n) is 5.27. The number of epoxide rings is 1. The Morgan fingerprint density at radius 1 is 1.44 bits per heavy atom. The molecule has 1 saturated heterocycles. The summed E-state index contributed by atoms with van der Waals surface area (Å²) < 4.78 is 16.1. The Kier molecular flexibility index (Phi) is 5.18. The highest BCUT2D eigenvalue weighted by atomic mass is 16.6. The fourth-order valence-corrected chi connectivity index (χ4v) is 1.47. The van der Waals surface area contributed by atoms with Gasteiger partial charge in [0.1, 0.15) is 6.10 Å². The highest BCUT2D eigenvalue weighted by molar-refractivity contribution is 4.76. The van der Waals surface area contributed by atoms with Crippen molar-refractivity contribution < 1.29 is 19.3 Å².